The highest BCUT2D eigenvalue weighted by molar-refractivity contribution is 14.0. The summed E-state index contributed by atoms with van der Waals surface area (Å²) in [6.45, 7) is 1.37. The molecule has 6 nitrogen and oxygen atoms in total. The highest BCUT2D eigenvalue weighted by Crippen LogP contribution is 2.23. The molecule has 0 aliphatic carbocycles. The minimum Gasteiger partial charge on any atom is -0.356 e. The van der Waals surface area contributed by atoms with Crippen LogP contribution >= 0.6 is 24.0 Å². The molecule has 3 rings (SSSR count). The highest BCUT2D eigenvalue weighted by Gasteiger charge is 2.14. The lowest BCUT2D eigenvalue weighted by atomic mass is 9.91. The number of nitrogens with one attached hydrogen (secondary N) is 2. The van der Waals surface area contributed by atoms with Crippen LogP contribution in [0, 0.1) is 0 Å². The van der Waals surface area contributed by atoms with Crippen LogP contribution < -0.4 is 15.8 Å². The van der Waals surface area contributed by atoms with E-state index in [0.717, 1.165) is 17.9 Å². The second-order valence-corrected chi connectivity index (χ2v) is 8.75. The molecule has 170 valence electrons. The van der Waals surface area contributed by atoms with Crippen molar-refractivity contribution in [1.29, 1.82) is 0 Å². The molecule has 0 aliphatic rings. The van der Waals surface area contributed by atoms with E-state index in [2.05, 4.69) is 64.2 Å². The molecule has 4 N–H and O–H groups in total. The number of hydrogen-bond donors (Lipinski definition) is 3. The van der Waals surface area contributed by atoms with Gasteiger partial charge < -0.3 is 10.6 Å². The fourth-order valence-corrected chi connectivity index (χ4v) is 3.90. The maximum atomic E-state index is 11.4. The van der Waals surface area contributed by atoms with Gasteiger partial charge in [-0.3, -0.25) is 4.99 Å². The van der Waals surface area contributed by atoms with Crippen LogP contribution in [0.15, 0.2) is 94.8 Å². The minimum absolute atomic E-state index is 0. The molecule has 0 saturated heterocycles. The number of rotatable bonds is 8. The Morgan fingerprint density at radius 3 is 1.88 bits per heavy atom. The second kappa shape index (κ2) is 12.6. The molecule has 0 radical (unpaired) electrons. The van der Waals surface area contributed by atoms with Gasteiger partial charge in [-0.15, -0.1) is 24.0 Å². The van der Waals surface area contributed by atoms with Gasteiger partial charge in [0.25, 0.3) is 0 Å². The fraction of sp³-hybridized carbons (Fsp3) is 0.208. The van der Waals surface area contributed by atoms with Crippen molar-refractivity contribution in [1.82, 2.24) is 10.6 Å². The van der Waals surface area contributed by atoms with Crippen LogP contribution in [0.4, 0.5) is 0 Å². The number of nitrogens with zero attached hydrogens (tertiary/aromatic N) is 1. The highest BCUT2D eigenvalue weighted by atomic mass is 127. The lowest BCUT2D eigenvalue weighted by Gasteiger charge is -2.20. The van der Waals surface area contributed by atoms with E-state index in [1.807, 2.05) is 12.1 Å². The third-order valence-electron chi connectivity index (χ3n) is 5.06. The van der Waals surface area contributed by atoms with E-state index < -0.39 is 10.0 Å². The van der Waals surface area contributed by atoms with Gasteiger partial charge in [-0.25, -0.2) is 13.6 Å². The van der Waals surface area contributed by atoms with Crippen LogP contribution in [0.3, 0.4) is 0 Å². The van der Waals surface area contributed by atoms with Crippen LogP contribution in [0.25, 0.3) is 0 Å². The lowest BCUT2D eigenvalue weighted by molar-refractivity contribution is 0.598. The van der Waals surface area contributed by atoms with Gasteiger partial charge >= 0.3 is 0 Å². The monoisotopic (exact) mass is 564 g/mol. The number of sulfonamides is 1. The predicted octanol–water partition coefficient (Wildman–Crippen LogP) is 3.49. The Kier molecular flexibility index (Phi) is 10.1. The standard InChI is InChI=1S/C24H28N4O2S.HI/c1-26-24(27-17-16-19-12-14-22(15-13-19)31(25,29)30)28-18-23(20-8-4-2-5-9-20)21-10-6-3-7-11-21;/h2-15,23H,16-18H2,1H3,(H2,25,29,30)(H2,26,27,28);1H. The predicted molar refractivity (Wildman–Crippen MR) is 141 cm³/mol. The molecule has 0 aliphatic heterocycles. The molecule has 0 atom stereocenters. The van der Waals surface area contributed by atoms with Crippen LogP contribution in [-0.4, -0.2) is 34.5 Å². The van der Waals surface area contributed by atoms with E-state index in [1.54, 1.807) is 19.2 Å². The maximum Gasteiger partial charge on any atom is 0.238 e. The Morgan fingerprint density at radius 1 is 0.875 bits per heavy atom. The molecular formula is C24H29IN4O2S. The molecule has 3 aromatic carbocycles. The van der Waals surface area contributed by atoms with E-state index in [-0.39, 0.29) is 34.8 Å². The molecule has 0 bridgehead atoms. The van der Waals surface area contributed by atoms with Gasteiger partial charge in [0.15, 0.2) is 5.96 Å². The summed E-state index contributed by atoms with van der Waals surface area (Å²) in [5.74, 6) is 0.921. The first-order chi connectivity index (χ1) is 15.0. The SMILES string of the molecule is CN=C(NCCc1ccc(S(N)(=O)=O)cc1)NCC(c1ccccc1)c1ccccc1.I. The second-order valence-electron chi connectivity index (χ2n) is 7.19. The zero-order valence-corrected chi connectivity index (χ0v) is 21.1. The summed E-state index contributed by atoms with van der Waals surface area (Å²) in [6, 6.07) is 27.4. The number of hydrogen-bond acceptors (Lipinski definition) is 3. The molecule has 3 aromatic rings. The molecule has 0 fully saturated rings. The molecule has 0 unspecified atom stereocenters. The largest absolute Gasteiger partial charge is 0.356 e. The quantitative estimate of drug-likeness (QED) is 0.222. The molecule has 0 saturated carbocycles. The topological polar surface area (TPSA) is 96.6 Å². The van der Waals surface area contributed by atoms with Gasteiger partial charge in [0.05, 0.1) is 4.90 Å². The van der Waals surface area contributed by atoms with E-state index in [0.29, 0.717) is 13.1 Å². The molecule has 0 amide bonds. The number of guanidine groups is 1. The average Bonchev–Trinajstić information content (AvgIpc) is 2.79. The summed E-state index contributed by atoms with van der Waals surface area (Å²) in [6.07, 6.45) is 0.729. The van der Waals surface area contributed by atoms with Gasteiger partial charge in [0.2, 0.25) is 10.0 Å². The molecule has 8 heteroatoms. The Bertz CT molecular complexity index is 1050. The zero-order chi connectivity index (χ0) is 22.1. The molecule has 0 heterocycles. The van der Waals surface area contributed by atoms with Crippen molar-refractivity contribution in [2.24, 2.45) is 10.1 Å². The molecule has 0 spiro atoms. The number of primary sulfonamides is 1. The third kappa shape index (κ3) is 7.61. The van der Waals surface area contributed by atoms with Gasteiger partial charge in [0.1, 0.15) is 0 Å². The van der Waals surface area contributed by atoms with Crippen LogP contribution in [-0.2, 0) is 16.4 Å². The van der Waals surface area contributed by atoms with Crippen molar-refractivity contribution in [3.8, 4) is 0 Å². The van der Waals surface area contributed by atoms with Gasteiger partial charge in [-0.05, 0) is 35.2 Å². The van der Waals surface area contributed by atoms with Gasteiger partial charge in [0, 0.05) is 26.1 Å². The summed E-state index contributed by atoms with van der Waals surface area (Å²) >= 11 is 0. The number of halogens is 1. The number of aliphatic imine (C=N–C) groups is 1. The van der Waals surface area contributed by atoms with E-state index >= 15 is 0 Å². The van der Waals surface area contributed by atoms with Crippen molar-refractivity contribution in [3.63, 3.8) is 0 Å². The number of benzene rings is 3. The zero-order valence-electron chi connectivity index (χ0n) is 17.9. The van der Waals surface area contributed by atoms with E-state index in [1.165, 1.54) is 23.3 Å². The number of nitrogens with two attached hydrogens (primary N) is 1. The van der Waals surface area contributed by atoms with E-state index in [4.69, 9.17) is 5.14 Å². The first-order valence-electron chi connectivity index (χ1n) is 10.1. The van der Waals surface area contributed by atoms with Gasteiger partial charge in [-0.1, -0.05) is 72.8 Å². The Labute approximate surface area is 207 Å². The third-order valence-corrected chi connectivity index (χ3v) is 5.99. The van der Waals surface area contributed by atoms with Crippen molar-refractivity contribution in [2.75, 3.05) is 20.1 Å². The van der Waals surface area contributed by atoms with E-state index in [9.17, 15) is 8.42 Å². The molecular weight excluding hydrogens is 535 g/mol. The summed E-state index contributed by atoms with van der Waals surface area (Å²) in [4.78, 5) is 4.44. The normalized spacial score (nSPS) is 11.7. The Morgan fingerprint density at radius 2 is 1.41 bits per heavy atom. The smallest absolute Gasteiger partial charge is 0.238 e. The Hall–Kier alpha value is -2.43. The summed E-state index contributed by atoms with van der Waals surface area (Å²) in [7, 11) is -1.92. The first kappa shape index (κ1) is 25.8. The lowest BCUT2D eigenvalue weighted by Crippen LogP contribution is -2.40. The summed E-state index contributed by atoms with van der Waals surface area (Å²) in [5, 5.41) is 11.9. The fourth-order valence-electron chi connectivity index (χ4n) is 3.39. The van der Waals surface area contributed by atoms with Crippen LogP contribution in [0.5, 0.6) is 0 Å². The van der Waals surface area contributed by atoms with Crippen LogP contribution in [0.2, 0.25) is 0 Å². The van der Waals surface area contributed by atoms with Gasteiger partial charge in [-0.2, -0.15) is 0 Å². The van der Waals surface area contributed by atoms with Crippen molar-refractivity contribution in [2.45, 2.75) is 17.2 Å². The maximum absolute atomic E-state index is 11.4. The van der Waals surface area contributed by atoms with Crippen molar-refractivity contribution < 1.29 is 8.42 Å². The molecule has 32 heavy (non-hydrogen) atoms. The van der Waals surface area contributed by atoms with Crippen LogP contribution in [0.1, 0.15) is 22.6 Å². The average molecular weight is 564 g/mol. The molecule has 0 aromatic heterocycles. The first-order valence-corrected chi connectivity index (χ1v) is 11.7. The summed E-state index contributed by atoms with van der Waals surface area (Å²) in [5.41, 5.74) is 3.50. The van der Waals surface area contributed by atoms with Crippen molar-refractivity contribution in [3.05, 3.63) is 102 Å². The Balaban J connectivity index is 0.00000363. The van der Waals surface area contributed by atoms with Crippen molar-refractivity contribution >= 4 is 40.0 Å². The summed E-state index contributed by atoms with van der Waals surface area (Å²) < 4.78 is 22.7. The minimum atomic E-state index is -3.66.